The Kier molecular flexibility index (Phi) is 4.39. The van der Waals surface area contributed by atoms with Gasteiger partial charge in [0.05, 0.1) is 16.9 Å². The number of likely N-dealkylation sites (tertiary alicyclic amines) is 1. The van der Waals surface area contributed by atoms with E-state index in [2.05, 4.69) is 5.32 Å². The molecular formula is C14H16FN3O4. The van der Waals surface area contributed by atoms with Crippen LogP contribution in [0.1, 0.15) is 20.3 Å². The normalized spacial score (nSPS) is 17.9. The third-order valence-corrected chi connectivity index (χ3v) is 3.57. The van der Waals surface area contributed by atoms with Gasteiger partial charge in [0.25, 0.3) is 5.69 Å². The van der Waals surface area contributed by atoms with Gasteiger partial charge in [0.1, 0.15) is 11.5 Å². The fourth-order valence-corrected chi connectivity index (χ4v) is 2.40. The van der Waals surface area contributed by atoms with Gasteiger partial charge in [0, 0.05) is 19.0 Å². The van der Waals surface area contributed by atoms with Gasteiger partial charge in [-0.15, -0.1) is 0 Å². The minimum atomic E-state index is -0.765. The number of benzene rings is 1. The van der Waals surface area contributed by atoms with Gasteiger partial charge in [-0.3, -0.25) is 19.7 Å². The Morgan fingerprint density at radius 1 is 1.50 bits per heavy atom. The summed E-state index contributed by atoms with van der Waals surface area (Å²) in [4.78, 5) is 35.7. The van der Waals surface area contributed by atoms with Crippen LogP contribution in [0.3, 0.4) is 0 Å². The van der Waals surface area contributed by atoms with Gasteiger partial charge >= 0.3 is 0 Å². The molecule has 1 aromatic rings. The van der Waals surface area contributed by atoms with Crippen LogP contribution in [-0.4, -0.2) is 34.2 Å². The second kappa shape index (κ2) is 6.08. The molecule has 0 aromatic heterocycles. The number of halogens is 1. The van der Waals surface area contributed by atoms with Crippen molar-refractivity contribution in [3.63, 3.8) is 0 Å². The second-order valence-corrected chi connectivity index (χ2v) is 5.45. The number of amides is 2. The molecule has 1 saturated heterocycles. The zero-order valence-electron chi connectivity index (χ0n) is 12.2. The third kappa shape index (κ3) is 3.21. The number of rotatable bonds is 4. The van der Waals surface area contributed by atoms with E-state index < -0.39 is 28.3 Å². The molecule has 8 heteroatoms. The monoisotopic (exact) mass is 309 g/mol. The quantitative estimate of drug-likeness (QED) is 0.679. The van der Waals surface area contributed by atoms with Crippen molar-refractivity contribution in [2.45, 2.75) is 26.3 Å². The van der Waals surface area contributed by atoms with Crippen molar-refractivity contribution >= 4 is 23.2 Å². The fraction of sp³-hybridized carbons (Fsp3) is 0.429. The molecule has 1 aliphatic heterocycles. The number of carbonyl (C=O) groups excluding carboxylic acids is 2. The fourth-order valence-electron chi connectivity index (χ4n) is 2.40. The first-order valence-corrected chi connectivity index (χ1v) is 6.84. The highest BCUT2D eigenvalue weighted by molar-refractivity contribution is 5.98. The van der Waals surface area contributed by atoms with Crippen LogP contribution in [0.5, 0.6) is 0 Å². The van der Waals surface area contributed by atoms with Gasteiger partial charge in [-0.25, -0.2) is 4.39 Å². The molecule has 0 saturated carbocycles. The maximum atomic E-state index is 13.1. The van der Waals surface area contributed by atoms with Gasteiger partial charge in [-0.1, -0.05) is 0 Å². The van der Waals surface area contributed by atoms with E-state index >= 15 is 0 Å². The van der Waals surface area contributed by atoms with Crippen LogP contribution in [0.4, 0.5) is 15.8 Å². The highest BCUT2D eigenvalue weighted by Crippen LogP contribution is 2.27. The smallest absolute Gasteiger partial charge is 0.295 e. The van der Waals surface area contributed by atoms with Gasteiger partial charge < -0.3 is 10.2 Å². The van der Waals surface area contributed by atoms with Crippen molar-refractivity contribution in [2.75, 3.05) is 11.9 Å². The first-order valence-electron chi connectivity index (χ1n) is 6.84. The van der Waals surface area contributed by atoms with Crippen molar-refractivity contribution in [3.8, 4) is 0 Å². The lowest BCUT2D eigenvalue weighted by Crippen LogP contribution is -2.33. The molecule has 0 aliphatic carbocycles. The molecule has 0 bridgehead atoms. The van der Waals surface area contributed by atoms with Gasteiger partial charge in [0.15, 0.2) is 0 Å². The SMILES string of the molecule is CC(C)N1CC(C(=O)Nc2ccc(F)cc2[N+](=O)[O-])CC1=O. The highest BCUT2D eigenvalue weighted by atomic mass is 19.1. The number of nitro benzene ring substituents is 1. The maximum absolute atomic E-state index is 13.1. The summed E-state index contributed by atoms with van der Waals surface area (Å²) < 4.78 is 13.1. The van der Waals surface area contributed by atoms with Crippen LogP contribution in [0, 0.1) is 21.8 Å². The summed E-state index contributed by atoms with van der Waals surface area (Å²) in [5.41, 5.74) is -0.592. The second-order valence-electron chi connectivity index (χ2n) is 5.45. The molecule has 1 unspecified atom stereocenters. The minimum absolute atomic E-state index is 0.00884. The van der Waals surface area contributed by atoms with Crippen molar-refractivity contribution < 1.29 is 18.9 Å². The molecule has 0 spiro atoms. The van der Waals surface area contributed by atoms with Crippen LogP contribution >= 0.6 is 0 Å². The van der Waals surface area contributed by atoms with Crippen molar-refractivity contribution in [3.05, 3.63) is 34.1 Å². The lowest BCUT2D eigenvalue weighted by Gasteiger charge is -2.20. The predicted molar refractivity (Wildman–Crippen MR) is 76.6 cm³/mol. The lowest BCUT2D eigenvalue weighted by molar-refractivity contribution is -0.384. The highest BCUT2D eigenvalue weighted by Gasteiger charge is 2.36. The van der Waals surface area contributed by atoms with Crippen molar-refractivity contribution in [1.29, 1.82) is 0 Å². The molecule has 1 heterocycles. The number of carbonyl (C=O) groups is 2. The van der Waals surface area contributed by atoms with E-state index in [9.17, 15) is 24.1 Å². The van der Waals surface area contributed by atoms with E-state index in [0.29, 0.717) is 0 Å². The van der Waals surface area contributed by atoms with E-state index in [1.165, 1.54) is 0 Å². The average molecular weight is 309 g/mol. The van der Waals surface area contributed by atoms with E-state index in [1.54, 1.807) is 4.90 Å². The number of nitrogens with one attached hydrogen (secondary N) is 1. The van der Waals surface area contributed by atoms with Gasteiger partial charge in [-0.2, -0.15) is 0 Å². The lowest BCUT2D eigenvalue weighted by atomic mass is 10.1. The van der Waals surface area contributed by atoms with Gasteiger partial charge in [-0.05, 0) is 26.0 Å². The summed E-state index contributed by atoms with van der Waals surface area (Å²) in [5.74, 6) is -1.93. The molecule has 0 radical (unpaired) electrons. The number of hydrogen-bond acceptors (Lipinski definition) is 4. The zero-order valence-corrected chi connectivity index (χ0v) is 12.2. The Labute approximate surface area is 126 Å². The Morgan fingerprint density at radius 3 is 2.73 bits per heavy atom. The van der Waals surface area contributed by atoms with Crippen LogP contribution in [0.2, 0.25) is 0 Å². The largest absolute Gasteiger partial charge is 0.339 e. The Hall–Kier alpha value is -2.51. The number of hydrogen-bond donors (Lipinski definition) is 1. The van der Waals surface area contributed by atoms with E-state index in [1.807, 2.05) is 13.8 Å². The standard InChI is InChI=1S/C14H16FN3O4/c1-8(2)17-7-9(5-13(17)19)14(20)16-11-4-3-10(15)6-12(11)18(21)22/h3-4,6,8-9H,5,7H2,1-2H3,(H,16,20). The Morgan fingerprint density at radius 2 is 2.18 bits per heavy atom. The van der Waals surface area contributed by atoms with Crippen LogP contribution < -0.4 is 5.32 Å². The van der Waals surface area contributed by atoms with Crippen LogP contribution in [0.25, 0.3) is 0 Å². The summed E-state index contributed by atoms with van der Waals surface area (Å²) in [6.07, 6.45) is 0.0685. The topological polar surface area (TPSA) is 92.6 Å². The zero-order chi connectivity index (χ0) is 16.4. The molecule has 118 valence electrons. The minimum Gasteiger partial charge on any atom is -0.339 e. The number of nitro groups is 1. The van der Waals surface area contributed by atoms with E-state index in [4.69, 9.17) is 0 Å². The molecule has 22 heavy (non-hydrogen) atoms. The molecule has 2 rings (SSSR count). The molecule has 2 amide bonds. The Bertz CT molecular complexity index is 633. The third-order valence-electron chi connectivity index (χ3n) is 3.57. The molecule has 1 fully saturated rings. The van der Waals surface area contributed by atoms with E-state index in [-0.39, 0.29) is 30.6 Å². The van der Waals surface area contributed by atoms with Crippen LogP contribution in [0.15, 0.2) is 18.2 Å². The Balaban J connectivity index is 2.14. The molecule has 1 N–H and O–H groups in total. The summed E-state index contributed by atoms with van der Waals surface area (Å²) in [6, 6.07) is 2.91. The van der Waals surface area contributed by atoms with Crippen molar-refractivity contribution in [2.24, 2.45) is 5.92 Å². The molecule has 1 atom stereocenters. The van der Waals surface area contributed by atoms with Crippen LogP contribution in [-0.2, 0) is 9.59 Å². The summed E-state index contributed by atoms with van der Waals surface area (Å²) in [5, 5.41) is 13.3. The predicted octanol–water partition coefficient (Wildman–Crippen LogP) is 1.93. The molecule has 1 aliphatic rings. The average Bonchev–Trinajstić information content (AvgIpc) is 2.83. The van der Waals surface area contributed by atoms with E-state index in [0.717, 1.165) is 18.2 Å². The first kappa shape index (κ1) is 15.9. The first-order chi connectivity index (χ1) is 10.3. The number of nitrogens with zero attached hydrogens (tertiary/aromatic N) is 2. The molecule has 7 nitrogen and oxygen atoms in total. The molecule has 1 aromatic carbocycles. The maximum Gasteiger partial charge on any atom is 0.295 e. The van der Waals surface area contributed by atoms with Crippen molar-refractivity contribution in [1.82, 2.24) is 4.90 Å². The summed E-state index contributed by atoms with van der Waals surface area (Å²) >= 11 is 0. The van der Waals surface area contributed by atoms with Gasteiger partial charge in [0.2, 0.25) is 11.8 Å². The summed E-state index contributed by atoms with van der Waals surface area (Å²) in [7, 11) is 0. The summed E-state index contributed by atoms with van der Waals surface area (Å²) in [6.45, 7) is 3.98. The molecular weight excluding hydrogens is 293 g/mol. The number of anilines is 1.